The van der Waals surface area contributed by atoms with Gasteiger partial charge in [0.25, 0.3) is 0 Å². The molecule has 0 atom stereocenters. The van der Waals surface area contributed by atoms with Gasteiger partial charge >= 0.3 is 6.09 Å². The molecule has 3 rings (SSSR count). The normalized spacial score (nSPS) is 14.5. The predicted octanol–water partition coefficient (Wildman–Crippen LogP) is 2.62. The molecule has 2 heterocycles. The fraction of sp³-hybridized carbons (Fsp3) is 0.250. The fourth-order valence-electron chi connectivity index (χ4n) is 2.35. The van der Waals surface area contributed by atoms with Crippen LogP contribution >= 0.6 is 0 Å². The SMILES string of the molecule is Nc1nc(NCc2ccccc2)ccc1N1CCCOC1=O. The van der Waals surface area contributed by atoms with Crippen molar-refractivity contribution < 1.29 is 9.53 Å². The van der Waals surface area contributed by atoms with Gasteiger partial charge in [-0.2, -0.15) is 0 Å². The van der Waals surface area contributed by atoms with Crippen LogP contribution in [0.4, 0.5) is 22.1 Å². The number of aromatic nitrogens is 1. The zero-order chi connectivity index (χ0) is 15.4. The molecule has 1 saturated heterocycles. The summed E-state index contributed by atoms with van der Waals surface area (Å²) >= 11 is 0. The summed E-state index contributed by atoms with van der Waals surface area (Å²) in [5, 5.41) is 3.22. The van der Waals surface area contributed by atoms with E-state index in [0.29, 0.717) is 37.0 Å². The minimum Gasteiger partial charge on any atom is -0.449 e. The number of benzene rings is 1. The van der Waals surface area contributed by atoms with E-state index >= 15 is 0 Å². The van der Waals surface area contributed by atoms with Crippen LogP contribution in [-0.2, 0) is 11.3 Å². The van der Waals surface area contributed by atoms with E-state index in [4.69, 9.17) is 10.5 Å². The van der Waals surface area contributed by atoms with Crippen molar-refractivity contribution in [2.75, 3.05) is 29.1 Å². The highest BCUT2D eigenvalue weighted by molar-refractivity contribution is 5.91. The number of hydrogen-bond acceptors (Lipinski definition) is 5. The second kappa shape index (κ2) is 6.34. The Morgan fingerprint density at radius 2 is 2.05 bits per heavy atom. The number of nitrogens with zero attached hydrogens (tertiary/aromatic N) is 2. The molecule has 6 nitrogen and oxygen atoms in total. The predicted molar refractivity (Wildman–Crippen MR) is 85.7 cm³/mol. The highest BCUT2D eigenvalue weighted by atomic mass is 16.6. The summed E-state index contributed by atoms with van der Waals surface area (Å²) in [5.41, 5.74) is 7.73. The molecule has 6 heteroatoms. The summed E-state index contributed by atoms with van der Waals surface area (Å²) in [6, 6.07) is 13.6. The first-order valence-electron chi connectivity index (χ1n) is 7.22. The molecular weight excluding hydrogens is 280 g/mol. The molecule has 1 aromatic carbocycles. The van der Waals surface area contributed by atoms with E-state index in [1.54, 1.807) is 6.07 Å². The molecule has 0 unspecified atom stereocenters. The van der Waals surface area contributed by atoms with Crippen molar-refractivity contribution in [2.45, 2.75) is 13.0 Å². The molecule has 3 N–H and O–H groups in total. The Kier molecular flexibility index (Phi) is 4.09. The maximum absolute atomic E-state index is 11.7. The third kappa shape index (κ3) is 3.11. The van der Waals surface area contributed by atoms with E-state index in [-0.39, 0.29) is 6.09 Å². The smallest absolute Gasteiger partial charge is 0.414 e. The number of nitrogen functional groups attached to an aromatic ring is 1. The molecule has 0 aliphatic carbocycles. The van der Waals surface area contributed by atoms with Crippen LogP contribution in [0, 0.1) is 0 Å². The van der Waals surface area contributed by atoms with Gasteiger partial charge in [-0.1, -0.05) is 30.3 Å². The number of rotatable bonds is 4. The third-order valence-electron chi connectivity index (χ3n) is 3.48. The lowest BCUT2D eigenvalue weighted by Crippen LogP contribution is -2.38. The van der Waals surface area contributed by atoms with E-state index < -0.39 is 0 Å². The Labute approximate surface area is 128 Å². The minimum absolute atomic E-state index is 0.317. The molecule has 1 aromatic heterocycles. The van der Waals surface area contributed by atoms with Gasteiger partial charge in [-0.25, -0.2) is 9.78 Å². The molecular formula is C16H18N4O2. The molecule has 1 aliphatic rings. The van der Waals surface area contributed by atoms with Gasteiger partial charge in [0.1, 0.15) is 11.6 Å². The first kappa shape index (κ1) is 14.2. The molecule has 2 aromatic rings. The van der Waals surface area contributed by atoms with Crippen LogP contribution in [0.2, 0.25) is 0 Å². The van der Waals surface area contributed by atoms with Crippen molar-refractivity contribution in [3.05, 3.63) is 48.0 Å². The van der Waals surface area contributed by atoms with Crippen LogP contribution in [0.3, 0.4) is 0 Å². The topological polar surface area (TPSA) is 80.5 Å². The van der Waals surface area contributed by atoms with Crippen LogP contribution in [-0.4, -0.2) is 24.2 Å². The number of anilines is 3. The van der Waals surface area contributed by atoms with Gasteiger partial charge in [0.2, 0.25) is 0 Å². The third-order valence-corrected chi connectivity index (χ3v) is 3.48. The minimum atomic E-state index is -0.371. The number of carbonyl (C=O) groups is 1. The van der Waals surface area contributed by atoms with Gasteiger partial charge in [-0.15, -0.1) is 0 Å². The zero-order valence-corrected chi connectivity index (χ0v) is 12.2. The van der Waals surface area contributed by atoms with Crippen molar-refractivity contribution in [3.63, 3.8) is 0 Å². The monoisotopic (exact) mass is 298 g/mol. The average Bonchev–Trinajstić information content (AvgIpc) is 2.55. The summed E-state index contributed by atoms with van der Waals surface area (Å²) in [6.45, 7) is 1.72. The van der Waals surface area contributed by atoms with E-state index in [1.165, 1.54) is 4.90 Å². The summed E-state index contributed by atoms with van der Waals surface area (Å²) in [5.74, 6) is 0.993. The van der Waals surface area contributed by atoms with Crippen molar-refractivity contribution >= 4 is 23.4 Å². The van der Waals surface area contributed by atoms with E-state index in [0.717, 1.165) is 12.0 Å². The Bertz CT molecular complexity index is 660. The molecule has 0 spiro atoms. The van der Waals surface area contributed by atoms with Gasteiger partial charge in [0.05, 0.1) is 12.3 Å². The van der Waals surface area contributed by atoms with Crippen LogP contribution in [0.25, 0.3) is 0 Å². The van der Waals surface area contributed by atoms with Crippen molar-refractivity contribution in [3.8, 4) is 0 Å². The number of nitrogens with one attached hydrogen (secondary N) is 1. The van der Waals surface area contributed by atoms with Gasteiger partial charge in [0.15, 0.2) is 0 Å². The molecule has 114 valence electrons. The quantitative estimate of drug-likeness (QED) is 0.907. The van der Waals surface area contributed by atoms with Crippen LogP contribution < -0.4 is 16.0 Å². The van der Waals surface area contributed by atoms with Crippen LogP contribution in [0.5, 0.6) is 0 Å². The lowest BCUT2D eigenvalue weighted by molar-refractivity contribution is 0.140. The van der Waals surface area contributed by atoms with Gasteiger partial charge in [-0.05, 0) is 24.1 Å². The Balaban J connectivity index is 1.70. The van der Waals surface area contributed by atoms with Gasteiger partial charge in [0, 0.05) is 13.1 Å². The van der Waals surface area contributed by atoms with Crippen molar-refractivity contribution in [1.82, 2.24) is 4.98 Å². The molecule has 0 saturated carbocycles. The molecule has 0 bridgehead atoms. The van der Waals surface area contributed by atoms with Crippen molar-refractivity contribution in [1.29, 1.82) is 0 Å². The number of hydrogen-bond donors (Lipinski definition) is 2. The maximum atomic E-state index is 11.7. The highest BCUT2D eigenvalue weighted by Crippen LogP contribution is 2.25. The second-order valence-electron chi connectivity index (χ2n) is 5.06. The fourth-order valence-corrected chi connectivity index (χ4v) is 2.35. The van der Waals surface area contributed by atoms with Gasteiger partial charge < -0.3 is 15.8 Å². The lowest BCUT2D eigenvalue weighted by atomic mass is 10.2. The molecule has 1 fully saturated rings. The second-order valence-corrected chi connectivity index (χ2v) is 5.06. The van der Waals surface area contributed by atoms with Crippen LogP contribution in [0.1, 0.15) is 12.0 Å². The summed E-state index contributed by atoms with van der Waals surface area (Å²) in [4.78, 5) is 17.6. The molecule has 1 amide bonds. The molecule has 1 aliphatic heterocycles. The van der Waals surface area contributed by atoms with E-state index in [9.17, 15) is 4.79 Å². The first-order valence-corrected chi connectivity index (χ1v) is 7.22. The number of nitrogens with two attached hydrogens (primary N) is 1. The number of amides is 1. The Morgan fingerprint density at radius 3 is 2.77 bits per heavy atom. The largest absolute Gasteiger partial charge is 0.449 e. The summed E-state index contributed by atoms with van der Waals surface area (Å²) in [6.07, 6.45) is 0.420. The highest BCUT2D eigenvalue weighted by Gasteiger charge is 2.23. The van der Waals surface area contributed by atoms with Gasteiger partial charge in [-0.3, -0.25) is 4.90 Å². The Morgan fingerprint density at radius 1 is 1.23 bits per heavy atom. The number of pyridine rings is 1. The zero-order valence-electron chi connectivity index (χ0n) is 12.2. The number of cyclic esters (lactones) is 1. The van der Waals surface area contributed by atoms with Crippen LogP contribution in [0.15, 0.2) is 42.5 Å². The lowest BCUT2D eigenvalue weighted by Gasteiger charge is -2.27. The molecule has 22 heavy (non-hydrogen) atoms. The molecule has 0 radical (unpaired) electrons. The maximum Gasteiger partial charge on any atom is 0.414 e. The van der Waals surface area contributed by atoms with E-state index in [2.05, 4.69) is 10.3 Å². The van der Waals surface area contributed by atoms with Crippen molar-refractivity contribution in [2.24, 2.45) is 0 Å². The number of carbonyl (C=O) groups excluding carboxylic acids is 1. The summed E-state index contributed by atoms with van der Waals surface area (Å²) in [7, 11) is 0. The number of ether oxygens (including phenoxy) is 1. The summed E-state index contributed by atoms with van der Waals surface area (Å²) < 4.78 is 5.02. The first-order chi connectivity index (χ1) is 10.7. The van der Waals surface area contributed by atoms with E-state index in [1.807, 2.05) is 36.4 Å². The average molecular weight is 298 g/mol. The Hall–Kier alpha value is -2.76. The standard InChI is InChI=1S/C16H18N4O2/c17-15-13(20-9-4-10-22-16(20)21)7-8-14(19-15)18-11-12-5-2-1-3-6-12/h1-3,5-8H,4,9-11H2,(H3,17,18,19).